The van der Waals surface area contributed by atoms with E-state index in [0.717, 1.165) is 4.68 Å². The summed E-state index contributed by atoms with van der Waals surface area (Å²) in [6, 6.07) is 0. The lowest BCUT2D eigenvalue weighted by Gasteiger charge is -2.08. The summed E-state index contributed by atoms with van der Waals surface area (Å²) in [5.41, 5.74) is 0.464. The van der Waals surface area contributed by atoms with Crippen LogP contribution in [0.5, 0.6) is 0 Å². The number of nitrogens with zero attached hydrogens (tertiary/aromatic N) is 3. The molecule has 0 N–H and O–H groups in total. The Hall–Kier alpha value is -1.39. The Kier molecular flexibility index (Phi) is 2.36. The molecule has 1 heterocycles. The number of aromatic nitrogens is 2. The normalized spacial score (nSPS) is 10.2. The van der Waals surface area contributed by atoms with E-state index in [-0.39, 0.29) is 11.5 Å². The lowest BCUT2D eigenvalue weighted by Crippen LogP contribution is -2.23. The molecule has 0 aliphatic rings. The van der Waals surface area contributed by atoms with Gasteiger partial charge in [-0.15, -0.1) is 0 Å². The third-order valence-electron chi connectivity index (χ3n) is 1.77. The van der Waals surface area contributed by atoms with Gasteiger partial charge in [0.05, 0.1) is 5.69 Å². The molecule has 0 saturated carbocycles. The van der Waals surface area contributed by atoms with E-state index in [1.54, 1.807) is 21.0 Å². The Morgan fingerprint density at radius 2 is 2.08 bits per heavy atom. The van der Waals surface area contributed by atoms with Gasteiger partial charge in [-0.1, -0.05) is 0 Å². The van der Waals surface area contributed by atoms with Gasteiger partial charge in [-0.3, -0.25) is 4.79 Å². The van der Waals surface area contributed by atoms with Gasteiger partial charge in [0.2, 0.25) is 5.95 Å². The number of halogens is 1. The zero-order valence-electron chi connectivity index (χ0n) is 8.13. The van der Waals surface area contributed by atoms with Crippen LogP contribution in [0, 0.1) is 12.9 Å². The van der Waals surface area contributed by atoms with Crippen LogP contribution in [0.4, 0.5) is 4.39 Å². The molecule has 0 fully saturated rings. The van der Waals surface area contributed by atoms with Crippen LogP contribution in [-0.2, 0) is 7.05 Å². The first kappa shape index (κ1) is 9.70. The second-order valence-electron chi connectivity index (χ2n) is 3.07. The smallest absolute Gasteiger partial charge is 0.259 e. The summed E-state index contributed by atoms with van der Waals surface area (Å²) in [5.74, 6) is -0.945. The van der Waals surface area contributed by atoms with Crippen molar-refractivity contribution in [3.05, 3.63) is 17.2 Å². The van der Waals surface area contributed by atoms with Crippen molar-refractivity contribution in [2.24, 2.45) is 7.05 Å². The first-order chi connectivity index (χ1) is 5.95. The number of carbonyl (C=O) groups excluding carboxylic acids is 1. The van der Waals surface area contributed by atoms with Gasteiger partial charge in [-0.2, -0.15) is 9.49 Å². The first-order valence-electron chi connectivity index (χ1n) is 3.86. The zero-order chi connectivity index (χ0) is 10.2. The lowest BCUT2D eigenvalue weighted by atomic mass is 10.2. The van der Waals surface area contributed by atoms with Crippen LogP contribution >= 0.6 is 0 Å². The van der Waals surface area contributed by atoms with Crippen LogP contribution in [0.1, 0.15) is 16.1 Å². The van der Waals surface area contributed by atoms with Crippen molar-refractivity contribution in [2.45, 2.75) is 6.92 Å². The summed E-state index contributed by atoms with van der Waals surface area (Å²) in [7, 11) is 4.62. The van der Waals surface area contributed by atoms with Gasteiger partial charge in [0.1, 0.15) is 5.56 Å². The molecular formula is C8H12FN3O. The summed E-state index contributed by atoms with van der Waals surface area (Å²) in [4.78, 5) is 12.8. The Bertz CT molecular complexity index is 343. The molecule has 13 heavy (non-hydrogen) atoms. The van der Waals surface area contributed by atoms with E-state index in [4.69, 9.17) is 0 Å². The highest BCUT2D eigenvalue weighted by molar-refractivity contribution is 5.94. The number of aryl methyl sites for hydroxylation is 2. The minimum absolute atomic E-state index is 0.0486. The molecule has 0 radical (unpaired) electrons. The van der Waals surface area contributed by atoms with E-state index in [9.17, 15) is 9.18 Å². The monoisotopic (exact) mass is 185 g/mol. The maximum atomic E-state index is 13.3. The molecule has 0 atom stereocenters. The molecule has 0 aliphatic heterocycles. The Balaban J connectivity index is 3.21. The largest absolute Gasteiger partial charge is 0.345 e. The van der Waals surface area contributed by atoms with E-state index in [1.807, 2.05) is 0 Å². The molecule has 1 amide bonds. The van der Waals surface area contributed by atoms with Crippen LogP contribution in [-0.4, -0.2) is 34.7 Å². The van der Waals surface area contributed by atoms with Gasteiger partial charge in [0.25, 0.3) is 5.91 Å². The molecule has 1 aromatic rings. The van der Waals surface area contributed by atoms with E-state index >= 15 is 0 Å². The molecule has 0 saturated heterocycles. The van der Waals surface area contributed by atoms with Crippen LogP contribution in [0.3, 0.4) is 0 Å². The lowest BCUT2D eigenvalue weighted by molar-refractivity contribution is 0.0822. The summed E-state index contributed by atoms with van der Waals surface area (Å²) < 4.78 is 14.3. The van der Waals surface area contributed by atoms with E-state index in [1.165, 1.54) is 11.9 Å². The summed E-state index contributed by atoms with van der Waals surface area (Å²) in [6.45, 7) is 1.61. The van der Waals surface area contributed by atoms with Crippen molar-refractivity contribution in [1.82, 2.24) is 14.7 Å². The second kappa shape index (κ2) is 3.16. The second-order valence-corrected chi connectivity index (χ2v) is 3.07. The Labute approximate surface area is 76.0 Å². The van der Waals surface area contributed by atoms with E-state index in [0.29, 0.717) is 5.69 Å². The molecule has 0 spiro atoms. The fourth-order valence-corrected chi connectivity index (χ4v) is 1.10. The Morgan fingerprint density at radius 1 is 1.54 bits per heavy atom. The zero-order valence-corrected chi connectivity index (χ0v) is 8.13. The molecular weight excluding hydrogens is 173 g/mol. The highest BCUT2D eigenvalue weighted by atomic mass is 19.1. The standard InChI is InChI=1S/C8H12FN3O/c1-5-6(8(13)11(2)3)7(9)12(4)10-5/h1-4H3. The quantitative estimate of drug-likeness (QED) is 0.641. The fraction of sp³-hybridized carbons (Fsp3) is 0.500. The number of carbonyl (C=O) groups is 1. The number of amides is 1. The number of hydrogen-bond acceptors (Lipinski definition) is 2. The van der Waals surface area contributed by atoms with Gasteiger partial charge in [-0.05, 0) is 6.92 Å². The van der Waals surface area contributed by atoms with Crippen molar-refractivity contribution in [3.63, 3.8) is 0 Å². The first-order valence-corrected chi connectivity index (χ1v) is 3.86. The summed E-state index contributed by atoms with van der Waals surface area (Å²) in [6.07, 6.45) is 0. The molecule has 0 aromatic carbocycles. The third kappa shape index (κ3) is 1.54. The average Bonchev–Trinajstić information content (AvgIpc) is 2.26. The minimum Gasteiger partial charge on any atom is -0.345 e. The maximum absolute atomic E-state index is 13.3. The topological polar surface area (TPSA) is 38.1 Å². The van der Waals surface area contributed by atoms with Crippen molar-refractivity contribution < 1.29 is 9.18 Å². The predicted molar refractivity (Wildman–Crippen MR) is 45.9 cm³/mol. The predicted octanol–water partition coefficient (Wildman–Crippen LogP) is 0.569. The van der Waals surface area contributed by atoms with Crippen LogP contribution in [0.25, 0.3) is 0 Å². The molecule has 0 aliphatic carbocycles. The van der Waals surface area contributed by atoms with Crippen LogP contribution in [0.2, 0.25) is 0 Å². The molecule has 0 unspecified atom stereocenters. The van der Waals surface area contributed by atoms with E-state index in [2.05, 4.69) is 5.10 Å². The molecule has 0 bridgehead atoms. The summed E-state index contributed by atoms with van der Waals surface area (Å²) in [5, 5.41) is 3.81. The Morgan fingerprint density at radius 3 is 2.38 bits per heavy atom. The minimum atomic E-state index is -0.587. The molecule has 4 nitrogen and oxygen atoms in total. The number of rotatable bonds is 1. The molecule has 5 heteroatoms. The van der Waals surface area contributed by atoms with Gasteiger partial charge < -0.3 is 4.90 Å². The van der Waals surface area contributed by atoms with Gasteiger partial charge in [0.15, 0.2) is 0 Å². The number of hydrogen-bond donors (Lipinski definition) is 0. The van der Waals surface area contributed by atoms with Gasteiger partial charge in [0, 0.05) is 21.1 Å². The third-order valence-corrected chi connectivity index (χ3v) is 1.77. The molecule has 1 aromatic heterocycles. The SMILES string of the molecule is Cc1nn(C)c(F)c1C(=O)N(C)C. The highest BCUT2D eigenvalue weighted by Gasteiger charge is 2.21. The van der Waals surface area contributed by atoms with Crippen LogP contribution < -0.4 is 0 Å². The summed E-state index contributed by atoms with van der Waals surface area (Å²) >= 11 is 0. The average molecular weight is 185 g/mol. The highest BCUT2D eigenvalue weighted by Crippen LogP contribution is 2.12. The fourth-order valence-electron chi connectivity index (χ4n) is 1.10. The molecule has 1 rings (SSSR count). The van der Waals surface area contributed by atoms with E-state index < -0.39 is 5.95 Å². The van der Waals surface area contributed by atoms with Crippen molar-refractivity contribution in [2.75, 3.05) is 14.1 Å². The van der Waals surface area contributed by atoms with Crippen molar-refractivity contribution >= 4 is 5.91 Å². The van der Waals surface area contributed by atoms with Crippen molar-refractivity contribution in [1.29, 1.82) is 0 Å². The van der Waals surface area contributed by atoms with Crippen molar-refractivity contribution in [3.8, 4) is 0 Å². The van der Waals surface area contributed by atoms with Crippen LogP contribution in [0.15, 0.2) is 0 Å². The van der Waals surface area contributed by atoms with Gasteiger partial charge in [-0.25, -0.2) is 4.68 Å². The van der Waals surface area contributed by atoms with Gasteiger partial charge >= 0.3 is 0 Å². The molecule has 72 valence electrons. The maximum Gasteiger partial charge on any atom is 0.259 e.